The van der Waals surface area contributed by atoms with E-state index < -0.39 is 0 Å². The van der Waals surface area contributed by atoms with Crippen LogP contribution in [0, 0.1) is 0 Å². The van der Waals surface area contributed by atoms with Crippen LogP contribution in [0.2, 0.25) is 0 Å². The van der Waals surface area contributed by atoms with Crippen molar-refractivity contribution in [2.45, 2.75) is 0 Å². The van der Waals surface area contributed by atoms with Crippen LogP contribution in [0.25, 0.3) is 119 Å². The van der Waals surface area contributed by atoms with E-state index in [4.69, 9.17) is 8.83 Å². The minimum absolute atomic E-state index is 0.803. The highest BCUT2D eigenvalue weighted by Crippen LogP contribution is 2.48. The maximum Gasteiger partial charge on any atom is 0.153 e. The van der Waals surface area contributed by atoms with E-state index in [1.54, 1.807) is 0 Å². The normalized spacial score (nSPS) is 12.5. The Bertz CT molecular complexity index is 3460. The summed E-state index contributed by atoms with van der Waals surface area (Å²) in [5.74, 6) is 0. The van der Waals surface area contributed by atoms with Gasteiger partial charge < -0.3 is 18.0 Å². The van der Waals surface area contributed by atoms with Crippen LogP contribution in [-0.2, 0) is 0 Å². The fourth-order valence-electron chi connectivity index (χ4n) is 8.93. The van der Waals surface area contributed by atoms with E-state index in [9.17, 15) is 0 Å². The van der Waals surface area contributed by atoms with Gasteiger partial charge in [0.2, 0.25) is 0 Å². The molecule has 0 saturated heterocycles. The van der Waals surface area contributed by atoms with Crippen LogP contribution < -0.4 is 0 Å². The molecule has 6 aromatic heterocycles. The average molecular weight is 696 g/mol. The molecular formula is C47H25N3O2S. The van der Waals surface area contributed by atoms with Gasteiger partial charge in [0.25, 0.3) is 0 Å². The summed E-state index contributed by atoms with van der Waals surface area (Å²) in [6.07, 6.45) is 1.83. The summed E-state index contributed by atoms with van der Waals surface area (Å²) < 4.78 is 19.8. The molecule has 0 fully saturated rings. The molecule has 5 nitrogen and oxygen atoms in total. The van der Waals surface area contributed by atoms with E-state index in [0.29, 0.717) is 0 Å². The van der Waals surface area contributed by atoms with Crippen LogP contribution >= 0.6 is 11.3 Å². The van der Waals surface area contributed by atoms with E-state index in [1.165, 1.54) is 63.8 Å². The van der Waals surface area contributed by atoms with Crippen LogP contribution in [0.3, 0.4) is 0 Å². The second-order valence-corrected chi connectivity index (χ2v) is 14.9. The Morgan fingerprint density at radius 3 is 1.60 bits per heavy atom. The molecule has 0 aliphatic carbocycles. The van der Waals surface area contributed by atoms with E-state index in [2.05, 4.69) is 135 Å². The number of benzene rings is 7. The van der Waals surface area contributed by atoms with Gasteiger partial charge in [0.05, 0.1) is 22.1 Å². The molecule has 6 heteroatoms. The van der Waals surface area contributed by atoms with Gasteiger partial charge in [0.1, 0.15) is 22.3 Å². The lowest BCUT2D eigenvalue weighted by atomic mass is 10.1. The van der Waals surface area contributed by atoms with Crippen molar-refractivity contribution in [3.8, 4) is 11.4 Å². The van der Waals surface area contributed by atoms with Crippen LogP contribution in [-0.4, -0.2) is 14.1 Å². The predicted molar refractivity (Wildman–Crippen MR) is 220 cm³/mol. The van der Waals surface area contributed by atoms with Gasteiger partial charge in [-0.25, -0.2) is 0 Å². The molecule has 0 aliphatic heterocycles. The summed E-state index contributed by atoms with van der Waals surface area (Å²) in [6.45, 7) is 0. The zero-order valence-corrected chi connectivity index (χ0v) is 28.8. The third-order valence-electron chi connectivity index (χ3n) is 11.2. The predicted octanol–water partition coefficient (Wildman–Crippen LogP) is 13.4. The number of fused-ring (bicyclic) bond motifs is 17. The quantitative estimate of drug-likeness (QED) is 0.181. The molecule has 246 valence electrons. The van der Waals surface area contributed by atoms with Crippen molar-refractivity contribution in [3.05, 3.63) is 152 Å². The summed E-state index contributed by atoms with van der Waals surface area (Å²) >= 11 is 1.91. The molecule has 0 spiro atoms. The molecule has 7 aromatic carbocycles. The van der Waals surface area contributed by atoms with Crippen molar-refractivity contribution < 1.29 is 8.83 Å². The molecular weight excluding hydrogens is 671 g/mol. The van der Waals surface area contributed by atoms with Crippen LogP contribution in [0.4, 0.5) is 0 Å². The molecule has 53 heavy (non-hydrogen) atoms. The molecule has 13 rings (SSSR count). The van der Waals surface area contributed by atoms with Gasteiger partial charge in [-0.15, -0.1) is 11.3 Å². The summed E-state index contributed by atoms with van der Waals surface area (Å²) in [6, 6.07) is 52.1. The van der Waals surface area contributed by atoms with Crippen molar-refractivity contribution >= 4 is 119 Å². The maximum atomic E-state index is 6.20. The number of thiophene rings is 1. The van der Waals surface area contributed by atoms with Gasteiger partial charge >= 0.3 is 0 Å². The van der Waals surface area contributed by atoms with Gasteiger partial charge in [-0.1, -0.05) is 66.7 Å². The second-order valence-electron chi connectivity index (χ2n) is 13.9. The Morgan fingerprint density at radius 2 is 0.925 bits per heavy atom. The SMILES string of the molecule is c1ccc2c(c1)oc1ccc(-n3c4ccccc4c4c5sc6c(ccc7c6c6ccccc6n7-c6ccc7oc8cccnc8c7c6)c5ccc43)cc12. The average Bonchev–Trinajstić information content (AvgIpc) is 4.01. The first-order valence-corrected chi connectivity index (χ1v) is 18.6. The topological polar surface area (TPSA) is 49.0 Å². The zero-order chi connectivity index (χ0) is 34.4. The largest absolute Gasteiger partial charge is 0.456 e. The van der Waals surface area contributed by atoms with Crippen LogP contribution in [0.15, 0.2) is 161 Å². The lowest BCUT2D eigenvalue weighted by molar-refractivity contribution is 0.668. The molecule has 0 aliphatic rings. The molecule has 0 unspecified atom stereocenters. The molecule has 6 heterocycles. The lowest BCUT2D eigenvalue weighted by Crippen LogP contribution is -1.93. The number of para-hydroxylation sites is 3. The monoisotopic (exact) mass is 695 g/mol. The first-order chi connectivity index (χ1) is 26.3. The van der Waals surface area contributed by atoms with Crippen molar-refractivity contribution in [2.75, 3.05) is 0 Å². The number of nitrogens with zero attached hydrogens (tertiary/aromatic N) is 3. The molecule has 13 aromatic rings. The Labute approximate surface area is 304 Å². The highest BCUT2D eigenvalue weighted by molar-refractivity contribution is 7.27. The Kier molecular flexibility index (Phi) is 5.20. The maximum absolute atomic E-state index is 6.20. The number of aromatic nitrogens is 3. The van der Waals surface area contributed by atoms with Crippen molar-refractivity contribution in [1.82, 2.24) is 14.1 Å². The molecule has 0 atom stereocenters. The summed E-state index contributed by atoms with van der Waals surface area (Å²) in [4.78, 5) is 4.66. The smallest absolute Gasteiger partial charge is 0.153 e. The minimum Gasteiger partial charge on any atom is -0.456 e. The first-order valence-electron chi connectivity index (χ1n) is 17.8. The van der Waals surface area contributed by atoms with E-state index in [0.717, 1.165) is 55.4 Å². The van der Waals surface area contributed by atoms with E-state index in [-0.39, 0.29) is 0 Å². The summed E-state index contributed by atoms with van der Waals surface area (Å²) in [7, 11) is 0. The highest BCUT2D eigenvalue weighted by atomic mass is 32.1. The number of furan rings is 2. The number of rotatable bonds is 2. The van der Waals surface area contributed by atoms with Gasteiger partial charge in [-0.3, -0.25) is 4.98 Å². The van der Waals surface area contributed by atoms with Gasteiger partial charge in [0.15, 0.2) is 5.58 Å². The summed E-state index contributed by atoms with van der Waals surface area (Å²) in [5.41, 5.74) is 11.3. The Morgan fingerprint density at radius 1 is 0.396 bits per heavy atom. The number of hydrogen-bond acceptors (Lipinski definition) is 4. The third kappa shape index (κ3) is 3.58. The number of pyridine rings is 1. The van der Waals surface area contributed by atoms with E-state index in [1.807, 2.05) is 41.8 Å². The fraction of sp³-hybridized carbons (Fsp3) is 0. The van der Waals surface area contributed by atoms with Crippen LogP contribution in [0.1, 0.15) is 0 Å². The molecule has 0 radical (unpaired) electrons. The van der Waals surface area contributed by atoms with Crippen molar-refractivity contribution in [2.24, 2.45) is 0 Å². The van der Waals surface area contributed by atoms with Crippen LogP contribution in [0.5, 0.6) is 0 Å². The molecule has 0 N–H and O–H groups in total. The van der Waals surface area contributed by atoms with Gasteiger partial charge in [-0.2, -0.15) is 0 Å². The molecule has 0 amide bonds. The molecule has 0 saturated carbocycles. The second kappa shape index (κ2) is 9.91. The first kappa shape index (κ1) is 27.8. The van der Waals surface area contributed by atoms with Gasteiger partial charge in [0, 0.05) is 75.4 Å². The summed E-state index contributed by atoms with van der Waals surface area (Å²) in [5, 5.41) is 10.9. The standard InChI is InChI=1S/C47H25N3O2S/c1-4-11-35-31(9-1)43-37(49(35)26-15-21-40-33(24-26)28-8-3-6-13-39(28)51-40)19-17-29-30-18-20-38-44(47(30)53-46(29)43)32-10-2-5-12-36(32)50(38)27-16-22-41-34(25-27)45-42(52-41)14-7-23-48-45/h1-25H. The van der Waals surface area contributed by atoms with Gasteiger partial charge in [-0.05, 0) is 78.9 Å². The Hall–Kier alpha value is -6.89. The zero-order valence-electron chi connectivity index (χ0n) is 28.0. The number of hydrogen-bond donors (Lipinski definition) is 0. The van der Waals surface area contributed by atoms with E-state index >= 15 is 0 Å². The molecule has 0 bridgehead atoms. The lowest BCUT2D eigenvalue weighted by Gasteiger charge is -2.08. The third-order valence-corrected chi connectivity index (χ3v) is 12.4. The minimum atomic E-state index is 0.803. The Balaban J connectivity index is 1.10. The fourth-order valence-corrected chi connectivity index (χ4v) is 10.3. The van der Waals surface area contributed by atoms with Crippen molar-refractivity contribution in [3.63, 3.8) is 0 Å². The van der Waals surface area contributed by atoms with Crippen molar-refractivity contribution in [1.29, 1.82) is 0 Å². The highest BCUT2D eigenvalue weighted by Gasteiger charge is 2.22.